The third kappa shape index (κ3) is 7.32. The van der Waals surface area contributed by atoms with Crippen LogP contribution in [0, 0.1) is 5.82 Å². The second-order valence-corrected chi connectivity index (χ2v) is 12.8. The second-order valence-electron chi connectivity index (χ2n) is 10.2. The Balaban J connectivity index is 1.27. The molecule has 0 spiro atoms. The number of hydrogen-bond donors (Lipinski definition) is 2. The van der Waals surface area contributed by atoms with E-state index in [1.165, 1.54) is 18.4 Å². The van der Waals surface area contributed by atoms with Gasteiger partial charge < -0.3 is 19.8 Å². The number of sulfone groups is 1. The molecule has 2 aliphatic rings. The number of aliphatic imine (C=N–C) groups is 2. The molecule has 1 aromatic heterocycles. The van der Waals surface area contributed by atoms with Crippen LogP contribution in [0.25, 0.3) is 5.57 Å². The maximum absolute atomic E-state index is 13.5. The fourth-order valence-electron chi connectivity index (χ4n) is 4.51. The molecule has 214 valence electrons. The molecule has 11 heteroatoms. The van der Waals surface area contributed by atoms with Gasteiger partial charge in [-0.25, -0.2) is 17.8 Å². The van der Waals surface area contributed by atoms with Crippen molar-refractivity contribution in [2.75, 3.05) is 23.9 Å². The highest BCUT2D eigenvalue weighted by Gasteiger charge is 2.35. The molecule has 5 rings (SSSR count). The van der Waals surface area contributed by atoms with Crippen LogP contribution < -0.4 is 15.4 Å². The Labute approximate surface area is 243 Å². The molecule has 1 atom stereocenters. The Morgan fingerprint density at radius 3 is 2.80 bits per heavy atom. The van der Waals surface area contributed by atoms with Gasteiger partial charge in [0.2, 0.25) is 0 Å². The molecule has 2 heterocycles. The van der Waals surface area contributed by atoms with Gasteiger partial charge in [-0.15, -0.1) is 0 Å². The number of amidine groups is 1. The summed E-state index contributed by atoms with van der Waals surface area (Å²) in [6.07, 6.45) is 7.54. The average molecular weight is 597 g/mol. The molecular weight excluding hydrogens is 567 g/mol. The summed E-state index contributed by atoms with van der Waals surface area (Å²) < 4.78 is 48.0. The molecule has 0 amide bonds. The maximum atomic E-state index is 13.5. The number of fused-ring (bicyclic) bond motifs is 1. The number of hydrogen-bond acceptors (Lipinski definition) is 8. The van der Waals surface area contributed by atoms with Gasteiger partial charge in [0, 0.05) is 29.6 Å². The van der Waals surface area contributed by atoms with Crippen LogP contribution in [0.15, 0.2) is 86.7 Å². The largest absolute Gasteiger partial charge is 0.487 e. The van der Waals surface area contributed by atoms with Crippen molar-refractivity contribution < 1.29 is 22.0 Å². The number of furan rings is 1. The summed E-state index contributed by atoms with van der Waals surface area (Å²) in [6.45, 7) is 3.03. The minimum Gasteiger partial charge on any atom is -0.487 e. The number of nitrogens with one attached hydrogen (secondary N) is 2. The average Bonchev–Trinajstić information content (AvgIpc) is 3.39. The summed E-state index contributed by atoms with van der Waals surface area (Å²) >= 11 is 6.51. The molecule has 3 aromatic rings. The highest BCUT2D eigenvalue weighted by molar-refractivity contribution is 7.90. The Morgan fingerprint density at radius 1 is 1.17 bits per heavy atom. The van der Waals surface area contributed by atoms with E-state index in [0.717, 1.165) is 16.8 Å². The van der Waals surface area contributed by atoms with Crippen LogP contribution in [-0.2, 0) is 23.0 Å². The molecule has 2 N–H and O–H groups in total. The number of benzene rings is 2. The lowest BCUT2D eigenvalue weighted by Gasteiger charge is -2.33. The quantitative estimate of drug-likeness (QED) is 0.286. The third-order valence-corrected chi connectivity index (χ3v) is 8.00. The number of anilines is 1. The summed E-state index contributed by atoms with van der Waals surface area (Å²) in [5.41, 5.74) is 2.75. The summed E-state index contributed by atoms with van der Waals surface area (Å²) in [5, 5.41) is 6.87. The van der Waals surface area contributed by atoms with Crippen LogP contribution in [0.3, 0.4) is 0 Å². The summed E-state index contributed by atoms with van der Waals surface area (Å²) in [5.74, 6) is 2.30. The smallest absolute Gasteiger partial charge is 0.148 e. The van der Waals surface area contributed by atoms with Crippen molar-refractivity contribution in [2.24, 2.45) is 9.98 Å². The zero-order valence-corrected chi connectivity index (χ0v) is 24.2. The van der Waals surface area contributed by atoms with Gasteiger partial charge in [-0.2, -0.15) is 0 Å². The predicted octanol–water partition coefficient (Wildman–Crippen LogP) is 5.81. The first-order chi connectivity index (χ1) is 19.6. The van der Waals surface area contributed by atoms with E-state index in [0.29, 0.717) is 53.2 Å². The fraction of sp³-hybridized carbons (Fsp3) is 0.267. The minimum atomic E-state index is -3.02. The first-order valence-corrected chi connectivity index (χ1v) is 15.5. The van der Waals surface area contributed by atoms with E-state index in [1.54, 1.807) is 30.6 Å². The Hall–Kier alpha value is -3.73. The number of rotatable bonds is 10. The molecule has 41 heavy (non-hydrogen) atoms. The van der Waals surface area contributed by atoms with E-state index < -0.39 is 15.4 Å². The van der Waals surface area contributed by atoms with Gasteiger partial charge in [-0.05, 0) is 67.4 Å². The van der Waals surface area contributed by atoms with Crippen molar-refractivity contribution in [2.45, 2.75) is 32.0 Å². The molecule has 2 aromatic carbocycles. The van der Waals surface area contributed by atoms with Crippen molar-refractivity contribution in [1.82, 2.24) is 5.32 Å². The van der Waals surface area contributed by atoms with E-state index in [9.17, 15) is 12.8 Å². The van der Waals surface area contributed by atoms with Crippen molar-refractivity contribution in [1.29, 1.82) is 0 Å². The number of ether oxygens (including phenoxy) is 1. The molecule has 0 fully saturated rings. The number of allylic oxidation sites excluding steroid dienone is 2. The van der Waals surface area contributed by atoms with Crippen molar-refractivity contribution in [3.63, 3.8) is 0 Å². The van der Waals surface area contributed by atoms with Crippen molar-refractivity contribution >= 4 is 44.9 Å². The normalized spacial score (nSPS) is 18.3. The Bertz CT molecular complexity index is 1680. The van der Waals surface area contributed by atoms with E-state index in [2.05, 4.69) is 33.6 Å². The molecule has 0 saturated heterocycles. The molecular formula is C30H30ClFN4O4S. The molecule has 0 saturated carbocycles. The van der Waals surface area contributed by atoms with Crippen LogP contribution in [0.4, 0.5) is 10.1 Å². The molecule has 1 aliphatic carbocycles. The Kier molecular flexibility index (Phi) is 8.44. The highest BCUT2D eigenvalue weighted by atomic mass is 35.5. The van der Waals surface area contributed by atoms with Gasteiger partial charge in [0.15, 0.2) is 0 Å². The van der Waals surface area contributed by atoms with Gasteiger partial charge in [-0.1, -0.05) is 29.8 Å². The van der Waals surface area contributed by atoms with Gasteiger partial charge >= 0.3 is 0 Å². The molecule has 8 nitrogen and oxygen atoms in total. The van der Waals surface area contributed by atoms with Crippen LogP contribution in [0.1, 0.15) is 30.4 Å². The lowest BCUT2D eigenvalue weighted by Crippen LogP contribution is -2.36. The van der Waals surface area contributed by atoms with E-state index in [-0.39, 0.29) is 18.2 Å². The van der Waals surface area contributed by atoms with Gasteiger partial charge in [0.25, 0.3) is 0 Å². The molecule has 1 unspecified atom stereocenters. The van der Waals surface area contributed by atoms with Crippen molar-refractivity contribution in [3.8, 4) is 5.75 Å². The number of nitrogens with zero attached hydrogens (tertiary/aromatic N) is 2. The van der Waals surface area contributed by atoms with Crippen LogP contribution in [-0.4, -0.2) is 44.7 Å². The zero-order valence-electron chi connectivity index (χ0n) is 22.7. The van der Waals surface area contributed by atoms with E-state index in [1.807, 2.05) is 24.3 Å². The molecule has 0 radical (unpaired) electrons. The first-order valence-electron chi connectivity index (χ1n) is 13.0. The zero-order chi connectivity index (χ0) is 29.0. The van der Waals surface area contributed by atoms with Gasteiger partial charge in [0.05, 0.1) is 22.9 Å². The molecule has 1 aliphatic heterocycles. The molecule has 0 bridgehead atoms. The topological polar surface area (TPSA) is 105 Å². The summed E-state index contributed by atoms with van der Waals surface area (Å²) in [6, 6.07) is 15.4. The first kappa shape index (κ1) is 28.8. The number of halogens is 2. The lowest BCUT2D eigenvalue weighted by atomic mass is 9.81. The standard InChI is InChI=1S/C30H30ClFN4O4S/c1-30-11-10-21(27-9-7-24(40-27)17-33-12-13-41(2,37)38)15-25(30)29(34-19-35-30)36-23-6-8-28(26(31)16-23)39-18-20-4-3-5-22(32)14-20/h3-10,14-16,19,33H,11-13,17-18H2,1-2H3,(H,34,35,36). The maximum Gasteiger partial charge on any atom is 0.148 e. The minimum absolute atomic E-state index is 0.0713. The second kappa shape index (κ2) is 12.0. The van der Waals surface area contributed by atoms with Gasteiger partial charge in [0.1, 0.15) is 51.7 Å². The van der Waals surface area contributed by atoms with Crippen molar-refractivity contribution in [3.05, 3.63) is 100 Å². The van der Waals surface area contributed by atoms with Crippen LogP contribution in [0.5, 0.6) is 5.75 Å². The highest BCUT2D eigenvalue weighted by Crippen LogP contribution is 2.38. The predicted molar refractivity (Wildman–Crippen MR) is 161 cm³/mol. The summed E-state index contributed by atoms with van der Waals surface area (Å²) in [7, 11) is -3.02. The fourth-order valence-corrected chi connectivity index (χ4v) is 5.26. The van der Waals surface area contributed by atoms with E-state index in [4.69, 9.17) is 20.8 Å². The van der Waals surface area contributed by atoms with Crippen LogP contribution in [0.2, 0.25) is 5.02 Å². The third-order valence-electron chi connectivity index (χ3n) is 6.76. The van der Waals surface area contributed by atoms with Gasteiger partial charge in [-0.3, -0.25) is 4.99 Å². The SMILES string of the molecule is CC12CC=C(c3ccc(CNCCS(C)(=O)=O)o3)C=C1C(Nc1ccc(OCc3cccc(F)c3)c(Cl)c1)=NC=N2. The lowest BCUT2D eigenvalue weighted by molar-refractivity contribution is 0.306. The summed E-state index contributed by atoms with van der Waals surface area (Å²) in [4.78, 5) is 9.15. The Morgan fingerprint density at radius 2 is 2.02 bits per heavy atom. The monoisotopic (exact) mass is 596 g/mol. The van der Waals surface area contributed by atoms with Crippen LogP contribution >= 0.6 is 11.6 Å². The van der Waals surface area contributed by atoms with E-state index >= 15 is 0 Å².